The van der Waals surface area contributed by atoms with Gasteiger partial charge in [0.05, 0.1) is 32.7 Å². The Labute approximate surface area is 215 Å². The smallest absolute Gasteiger partial charge is 0.347 e. The number of urea groups is 2. The standard InChI is InChI=1S/C21H20Cl4N4O5/c1-21(2)18(29(33)19(31)26-11-4-6-13(22)15(24)8-11)28(12-5-7-14(23)16(25)9-12)20(32)27(21)10-17(30)34-3/h4-9,18,33H,10H2,1-3H3,(H,26,31). The first-order valence-corrected chi connectivity index (χ1v) is 11.3. The molecule has 2 aromatic carbocycles. The molecule has 0 bridgehead atoms. The highest BCUT2D eigenvalue weighted by Crippen LogP contribution is 2.39. The summed E-state index contributed by atoms with van der Waals surface area (Å²) in [5, 5.41) is 14.7. The van der Waals surface area contributed by atoms with Crippen molar-refractivity contribution < 1.29 is 24.3 Å². The van der Waals surface area contributed by atoms with Gasteiger partial charge in [-0.3, -0.25) is 14.9 Å². The summed E-state index contributed by atoms with van der Waals surface area (Å²) in [7, 11) is 1.19. The summed E-state index contributed by atoms with van der Waals surface area (Å²) in [6.45, 7) is 2.76. The number of esters is 1. The summed E-state index contributed by atoms with van der Waals surface area (Å²) in [5.41, 5.74) is -0.763. The van der Waals surface area contributed by atoms with E-state index in [0.717, 1.165) is 4.90 Å². The lowest BCUT2D eigenvalue weighted by Gasteiger charge is -2.38. The Kier molecular flexibility index (Phi) is 7.74. The zero-order valence-corrected chi connectivity index (χ0v) is 21.2. The SMILES string of the molecule is COC(=O)CN1C(=O)N(c2ccc(Cl)c(Cl)c2)C(N(O)C(=O)Nc2ccc(Cl)c(Cl)c2)C1(C)C. The van der Waals surface area contributed by atoms with Gasteiger partial charge in [-0.25, -0.2) is 9.59 Å². The van der Waals surface area contributed by atoms with Crippen molar-refractivity contribution in [2.45, 2.75) is 25.6 Å². The molecule has 2 aromatic rings. The van der Waals surface area contributed by atoms with Gasteiger partial charge >= 0.3 is 18.0 Å². The van der Waals surface area contributed by atoms with Gasteiger partial charge in [-0.2, -0.15) is 5.06 Å². The third-order valence-electron chi connectivity index (χ3n) is 5.32. The Morgan fingerprint density at radius 1 is 1.06 bits per heavy atom. The molecule has 0 spiro atoms. The summed E-state index contributed by atoms with van der Waals surface area (Å²) >= 11 is 24.1. The molecule has 2 N–H and O–H groups in total. The fourth-order valence-electron chi connectivity index (χ4n) is 3.56. The van der Waals surface area contributed by atoms with Crippen molar-refractivity contribution in [3.63, 3.8) is 0 Å². The fraction of sp³-hybridized carbons (Fsp3) is 0.286. The number of carbonyl (C=O) groups excluding carboxylic acids is 3. The number of anilines is 2. The summed E-state index contributed by atoms with van der Waals surface area (Å²) < 4.78 is 4.70. The highest BCUT2D eigenvalue weighted by atomic mass is 35.5. The molecule has 1 atom stereocenters. The highest BCUT2D eigenvalue weighted by Gasteiger charge is 2.56. The van der Waals surface area contributed by atoms with Crippen molar-refractivity contribution in [2.75, 3.05) is 23.9 Å². The van der Waals surface area contributed by atoms with E-state index in [0.29, 0.717) is 5.06 Å². The second kappa shape index (κ2) is 10.1. The molecule has 34 heavy (non-hydrogen) atoms. The van der Waals surface area contributed by atoms with E-state index in [-0.39, 0.29) is 31.5 Å². The molecule has 1 saturated heterocycles. The van der Waals surface area contributed by atoms with Gasteiger partial charge in [-0.1, -0.05) is 46.4 Å². The van der Waals surface area contributed by atoms with E-state index < -0.39 is 36.3 Å². The number of benzene rings is 2. The molecule has 0 saturated carbocycles. The van der Waals surface area contributed by atoms with Crippen molar-refractivity contribution in [2.24, 2.45) is 0 Å². The number of nitrogens with zero attached hydrogens (tertiary/aromatic N) is 3. The number of hydrogen-bond donors (Lipinski definition) is 2. The maximum absolute atomic E-state index is 13.4. The molecule has 13 heteroatoms. The Hall–Kier alpha value is -2.43. The van der Waals surface area contributed by atoms with Crippen molar-refractivity contribution in [1.29, 1.82) is 0 Å². The van der Waals surface area contributed by atoms with Gasteiger partial charge < -0.3 is 15.0 Å². The zero-order valence-electron chi connectivity index (χ0n) is 18.2. The second-order valence-electron chi connectivity index (χ2n) is 7.84. The molecular formula is C21H20Cl4N4O5. The molecule has 1 aliphatic rings. The van der Waals surface area contributed by atoms with Gasteiger partial charge in [-0.05, 0) is 50.2 Å². The largest absolute Gasteiger partial charge is 0.468 e. The maximum atomic E-state index is 13.4. The molecule has 182 valence electrons. The Bertz CT molecular complexity index is 1150. The summed E-state index contributed by atoms with van der Waals surface area (Å²) in [6.07, 6.45) is -1.29. The topological polar surface area (TPSA) is 102 Å². The van der Waals surface area contributed by atoms with Gasteiger partial charge in [0, 0.05) is 11.4 Å². The molecule has 9 nitrogen and oxygen atoms in total. The molecule has 0 radical (unpaired) electrons. The van der Waals surface area contributed by atoms with E-state index in [9.17, 15) is 19.6 Å². The normalized spacial score (nSPS) is 17.1. The van der Waals surface area contributed by atoms with Crippen LogP contribution in [0.3, 0.4) is 0 Å². The minimum absolute atomic E-state index is 0.152. The minimum atomic E-state index is -1.29. The molecule has 0 aliphatic carbocycles. The number of halogens is 4. The van der Waals surface area contributed by atoms with E-state index in [2.05, 4.69) is 5.32 Å². The van der Waals surface area contributed by atoms with Crippen LogP contribution in [0.2, 0.25) is 20.1 Å². The van der Waals surface area contributed by atoms with E-state index in [1.54, 1.807) is 13.8 Å². The summed E-state index contributed by atoms with van der Waals surface area (Å²) in [4.78, 5) is 40.7. The van der Waals surface area contributed by atoms with Crippen molar-refractivity contribution in [1.82, 2.24) is 9.96 Å². The predicted octanol–water partition coefficient (Wildman–Crippen LogP) is 5.74. The Morgan fingerprint density at radius 3 is 2.21 bits per heavy atom. The minimum Gasteiger partial charge on any atom is -0.468 e. The predicted molar refractivity (Wildman–Crippen MR) is 130 cm³/mol. The first kappa shape index (κ1) is 26.2. The number of methoxy groups -OCH3 is 1. The highest BCUT2D eigenvalue weighted by molar-refractivity contribution is 6.42. The number of hydrogen-bond acceptors (Lipinski definition) is 5. The van der Waals surface area contributed by atoms with Crippen LogP contribution in [-0.2, 0) is 9.53 Å². The lowest BCUT2D eigenvalue weighted by atomic mass is 10.00. The molecular weight excluding hydrogens is 530 g/mol. The number of rotatable bonds is 5. The average Bonchev–Trinajstić information content (AvgIpc) is 2.97. The monoisotopic (exact) mass is 548 g/mol. The fourth-order valence-corrected chi connectivity index (χ4v) is 4.15. The van der Waals surface area contributed by atoms with E-state index >= 15 is 0 Å². The summed E-state index contributed by atoms with van der Waals surface area (Å²) in [6, 6.07) is 7.13. The number of nitrogens with one attached hydrogen (secondary N) is 1. The third-order valence-corrected chi connectivity index (χ3v) is 6.79. The van der Waals surface area contributed by atoms with Crippen molar-refractivity contribution in [3.8, 4) is 0 Å². The lowest BCUT2D eigenvalue weighted by molar-refractivity contribution is -0.143. The molecule has 4 amide bonds. The molecule has 1 heterocycles. The molecule has 3 rings (SSSR count). The molecule has 0 aromatic heterocycles. The van der Waals surface area contributed by atoms with Crippen LogP contribution in [0.4, 0.5) is 21.0 Å². The van der Waals surface area contributed by atoms with Crippen LogP contribution in [0, 0.1) is 0 Å². The maximum Gasteiger partial charge on any atom is 0.347 e. The lowest BCUT2D eigenvalue weighted by Crippen LogP contribution is -2.58. The van der Waals surface area contributed by atoms with Crippen LogP contribution in [0.25, 0.3) is 0 Å². The second-order valence-corrected chi connectivity index (χ2v) is 9.47. The van der Waals surface area contributed by atoms with Crippen LogP contribution in [0.1, 0.15) is 13.8 Å². The van der Waals surface area contributed by atoms with Gasteiger partial charge in [0.15, 0.2) is 6.17 Å². The quantitative estimate of drug-likeness (QED) is 0.281. The van der Waals surface area contributed by atoms with E-state index in [1.807, 2.05) is 0 Å². The van der Waals surface area contributed by atoms with E-state index in [4.69, 9.17) is 51.1 Å². The number of ether oxygens (including phenoxy) is 1. The van der Waals surface area contributed by atoms with Gasteiger partial charge in [0.2, 0.25) is 0 Å². The van der Waals surface area contributed by atoms with Crippen LogP contribution in [-0.4, -0.2) is 58.6 Å². The molecule has 1 unspecified atom stereocenters. The van der Waals surface area contributed by atoms with Crippen LogP contribution < -0.4 is 10.2 Å². The summed E-state index contributed by atoms with van der Waals surface area (Å²) in [5.74, 6) is -0.680. The first-order valence-electron chi connectivity index (χ1n) is 9.75. The van der Waals surface area contributed by atoms with Crippen molar-refractivity contribution in [3.05, 3.63) is 56.5 Å². The molecule has 1 fully saturated rings. The molecule has 1 aliphatic heterocycles. The van der Waals surface area contributed by atoms with Gasteiger partial charge in [0.1, 0.15) is 6.54 Å². The number of amides is 4. The van der Waals surface area contributed by atoms with Crippen LogP contribution >= 0.6 is 46.4 Å². The first-order chi connectivity index (χ1) is 15.9. The van der Waals surface area contributed by atoms with Gasteiger partial charge in [-0.15, -0.1) is 0 Å². The van der Waals surface area contributed by atoms with Crippen LogP contribution in [0.5, 0.6) is 0 Å². The van der Waals surface area contributed by atoms with Crippen LogP contribution in [0.15, 0.2) is 36.4 Å². The average molecular weight is 550 g/mol. The van der Waals surface area contributed by atoms with Gasteiger partial charge in [0.25, 0.3) is 0 Å². The van der Waals surface area contributed by atoms with E-state index in [1.165, 1.54) is 48.4 Å². The number of hydroxylamine groups is 2. The van der Waals surface area contributed by atoms with Crippen molar-refractivity contribution >= 4 is 75.8 Å². The zero-order chi connectivity index (χ0) is 25.4. The Balaban J connectivity index is 2.01. The Morgan fingerprint density at radius 2 is 1.65 bits per heavy atom. The third kappa shape index (κ3) is 4.99. The number of carbonyl (C=O) groups is 3.